The molecule has 0 aliphatic carbocycles. The number of amides is 1. The van der Waals surface area contributed by atoms with E-state index in [-0.39, 0.29) is 17.4 Å². The maximum absolute atomic E-state index is 12.4. The van der Waals surface area contributed by atoms with Gasteiger partial charge in [0.1, 0.15) is 5.52 Å². The largest absolute Gasteiger partial charge is 0.493 e. The van der Waals surface area contributed by atoms with Crippen LogP contribution in [0.3, 0.4) is 0 Å². The SMILES string of the molecule is COc1ccc(-c2cc3c(=O)[nH]nc(SCC(=O)Nc4ccc(C(C)=O)cc4)n3n2)cc1OC. The predicted molar refractivity (Wildman–Crippen MR) is 128 cm³/mol. The molecule has 1 amide bonds. The fourth-order valence-electron chi connectivity index (χ4n) is 3.24. The van der Waals surface area contributed by atoms with Gasteiger partial charge >= 0.3 is 0 Å². The Balaban J connectivity index is 1.54. The monoisotopic (exact) mass is 479 g/mol. The van der Waals surface area contributed by atoms with Gasteiger partial charge in [-0.1, -0.05) is 11.8 Å². The molecule has 0 fully saturated rings. The van der Waals surface area contributed by atoms with E-state index >= 15 is 0 Å². The number of ketones is 1. The molecule has 174 valence electrons. The molecule has 0 spiro atoms. The smallest absolute Gasteiger partial charge is 0.290 e. The number of thioether (sulfide) groups is 1. The highest BCUT2D eigenvalue weighted by atomic mass is 32.2. The minimum absolute atomic E-state index is 0.0359. The van der Waals surface area contributed by atoms with Crippen molar-refractivity contribution in [3.8, 4) is 22.8 Å². The van der Waals surface area contributed by atoms with E-state index in [2.05, 4.69) is 20.6 Å². The number of Topliss-reactive ketones (excluding diaryl/α,β-unsaturated/α-hetero) is 1. The average molecular weight is 480 g/mol. The number of hydrogen-bond donors (Lipinski definition) is 2. The van der Waals surface area contributed by atoms with Gasteiger partial charge in [0.2, 0.25) is 11.1 Å². The molecule has 11 heteroatoms. The van der Waals surface area contributed by atoms with Crippen LogP contribution in [0.15, 0.2) is 58.5 Å². The van der Waals surface area contributed by atoms with Crippen molar-refractivity contribution in [1.29, 1.82) is 0 Å². The molecule has 0 radical (unpaired) electrons. The molecule has 2 heterocycles. The summed E-state index contributed by atoms with van der Waals surface area (Å²) < 4.78 is 12.0. The number of H-pyrrole nitrogens is 1. The van der Waals surface area contributed by atoms with Gasteiger partial charge in [-0.15, -0.1) is 5.10 Å². The Morgan fingerprint density at radius 2 is 1.79 bits per heavy atom. The summed E-state index contributed by atoms with van der Waals surface area (Å²) in [4.78, 5) is 36.1. The second-order valence-corrected chi connectivity index (χ2v) is 8.14. The van der Waals surface area contributed by atoms with E-state index in [1.807, 2.05) is 6.07 Å². The van der Waals surface area contributed by atoms with Crippen LogP contribution in [0.25, 0.3) is 16.8 Å². The average Bonchev–Trinajstić information content (AvgIpc) is 3.30. The highest BCUT2D eigenvalue weighted by molar-refractivity contribution is 7.99. The quantitative estimate of drug-likeness (QED) is 0.292. The third-order valence-corrected chi connectivity index (χ3v) is 5.89. The van der Waals surface area contributed by atoms with Gasteiger partial charge in [-0.25, -0.2) is 9.61 Å². The molecule has 0 atom stereocenters. The summed E-state index contributed by atoms with van der Waals surface area (Å²) in [6.45, 7) is 1.48. The second kappa shape index (κ2) is 9.79. The van der Waals surface area contributed by atoms with Crippen molar-refractivity contribution in [3.63, 3.8) is 0 Å². The van der Waals surface area contributed by atoms with Crippen LogP contribution in [0.4, 0.5) is 5.69 Å². The van der Waals surface area contributed by atoms with E-state index < -0.39 is 5.56 Å². The zero-order valence-electron chi connectivity index (χ0n) is 18.6. The van der Waals surface area contributed by atoms with E-state index in [0.29, 0.717) is 39.1 Å². The molecule has 0 unspecified atom stereocenters. The van der Waals surface area contributed by atoms with Gasteiger partial charge in [-0.2, -0.15) is 5.10 Å². The van der Waals surface area contributed by atoms with Crippen LogP contribution < -0.4 is 20.3 Å². The van der Waals surface area contributed by atoms with Crippen LogP contribution in [-0.4, -0.2) is 51.5 Å². The summed E-state index contributed by atoms with van der Waals surface area (Å²) in [5.41, 5.74) is 2.29. The van der Waals surface area contributed by atoms with Crippen LogP contribution >= 0.6 is 11.8 Å². The number of carbonyl (C=O) groups excluding carboxylic acids is 2. The Hall–Kier alpha value is -4.12. The number of hydrogen-bond acceptors (Lipinski definition) is 8. The van der Waals surface area contributed by atoms with Gasteiger partial charge in [-0.3, -0.25) is 14.4 Å². The van der Waals surface area contributed by atoms with E-state index in [4.69, 9.17) is 9.47 Å². The first kappa shape index (κ1) is 23.1. The molecule has 4 rings (SSSR count). The van der Waals surface area contributed by atoms with Crippen LogP contribution in [0.1, 0.15) is 17.3 Å². The van der Waals surface area contributed by atoms with E-state index in [9.17, 15) is 14.4 Å². The lowest BCUT2D eigenvalue weighted by atomic mass is 10.1. The summed E-state index contributed by atoms with van der Waals surface area (Å²) >= 11 is 1.12. The number of nitrogens with zero attached hydrogens (tertiary/aromatic N) is 3. The maximum atomic E-state index is 12.4. The molecule has 2 N–H and O–H groups in total. The number of anilines is 1. The van der Waals surface area contributed by atoms with Gasteiger partial charge in [0.25, 0.3) is 5.56 Å². The van der Waals surface area contributed by atoms with Crippen molar-refractivity contribution in [3.05, 3.63) is 64.4 Å². The van der Waals surface area contributed by atoms with Gasteiger partial charge in [0.05, 0.1) is 25.7 Å². The normalized spacial score (nSPS) is 10.8. The van der Waals surface area contributed by atoms with Crippen molar-refractivity contribution in [2.75, 3.05) is 25.3 Å². The third-order valence-electron chi connectivity index (χ3n) is 4.96. The molecular formula is C23H21N5O5S. The maximum Gasteiger partial charge on any atom is 0.290 e. The van der Waals surface area contributed by atoms with E-state index in [1.165, 1.54) is 18.5 Å². The number of methoxy groups -OCH3 is 2. The summed E-state index contributed by atoms with van der Waals surface area (Å²) in [5, 5.41) is 14.1. The molecule has 4 aromatic rings. The van der Waals surface area contributed by atoms with E-state index in [1.54, 1.807) is 49.6 Å². The van der Waals surface area contributed by atoms with Crippen molar-refractivity contribution < 1.29 is 19.1 Å². The number of benzene rings is 2. The minimum atomic E-state index is -0.404. The van der Waals surface area contributed by atoms with Crippen LogP contribution in [-0.2, 0) is 4.79 Å². The summed E-state index contributed by atoms with van der Waals surface area (Å²) in [7, 11) is 3.09. The van der Waals surface area contributed by atoms with Crippen molar-refractivity contribution >= 4 is 34.7 Å². The van der Waals surface area contributed by atoms with Gasteiger partial charge in [-0.05, 0) is 55.5 Å². The molecule has 0 bridgehead atoms. The summed E-state index contributed by atoms with van der Waals surface area (Å²) in [6, 6.07) is 13.6. The van der Waals surface area contributed by atoms with Crippen LogP contribution in [0.2, 0.25) is 0 Å². The fourth-order valence-corrected chi connectivity index (χ4v) is 3.94. The third kappa shape index (κ3) is 4.79. The molecular weight excluding hydrogens is 458 g/mol. The number of aromatic amines is 1. The highest BCUT2D eigenvalue weighted by Crippen LogP contribution is 2.32. The number of aromatic nitrogens is 4. The Bertz CT molecular complexity index is 1430. The lowest BCUT2D eigenvalue weighted by Gasteiger charge is -2.08. The Morgan fingerprint density at radius 3 is 2.47 bits per heavy atom. The van der Waals surface area contributed by atoms with Crippen molar-refractivity contribution in [2.24, 2.45) is 0 Å². The standard InChI is InChI=1S/C23H21N5O5S/c1-13(29)14-4-7-16(8-5-14)24-21(30)12-34-23-26-25-22(31)18-11-17(27-28(18)23)15-6-9-19(32-2)20(10-15)33-3/h4-11H,12H2,1-3H3,(H,24,30)(H,25,31). The predicted octanol–water partition coefficient (Wildman–Crippen LogP) is 3.04. The van der Waals surface area contributed by atoms with Crippen molar-refractivity contribution in [2.45, 2.75) is 12.1 Å². The molecule has 0 saturated heterocycles. The molecule has 34 heavy (non-hydrogen) atoms. The van der Waals surface area contributed by atoms with Gasteiger partial charge in [0.15, 0.2) is 17.3 Å². The zero-order chi connectivity index (χ0) is 24.2. The molecule has 2 aromatic carbocycles. The first-order valence-corrected chi connectivity index (χ1v) is 11.1. The Kier molecular flexibility index (Phi) is 6.64. The highest BCUT2D eigenvalue weighted by Gasteiger charge is 2.15. The lowest BCUT2D eigenvalue weighted by molar-refractivity contribution is -0.113. The Morgan fingerprint density at radius 1 is 1.06 bits per heavy atom. The number of fused-ring (bicyclic) bond motifs is 1. The fraction of sp³-hybridized carbons (Fsp3) is 0.174. The van der Waals surface area contributed by atoms with Crippen LogP contribution in [0.5, 0.6) is 11.5 Å². The summed E-state index contributed by atoms with van der Waals surface area (Å²) in [6.07, 6.45) is 0. The van der Waals surface area contributed by atoms with Gasteiger partial charge in [0, 0.05) is 16.8 Å². The lowest BCUT2D eigenvalue weighted by Crippen LogP contribution is -2.17. The number of carbonyl (C=O) groups is 2. The topological polar surface area (TPSA) is 128 Å². The van der Waals surface area contributed by atoms with Gasteiger partial charge < -0.3 is 14.8 Å². The number of ether oxygens (including phenoxy) is 2. The minimum Gasteiger partial charge on any atom is -0.493 e. The second-order valence-electron chi connectivity index (χ2n) is 7.20. The molecule has 2 aromatic heterocycles. The number of nitrogens with one attached hydrogen (secondary N) is 2. The zero-order valence-corrected chi connectivity index (χ0v) is 19.4. The summed E-state index contributed by atoms with van der Waals surface area (Å²) in [5.74, 6) is 0.829. The first-order valence-electron chi connectivity index (χ1n) is 10.1. The van der Waals surface area contributed by atoms with Crippen LogP contribution in [0, 0.1) is 0 Å². The molecule has 0 saturated carbocycles. The Labute approximate surface area is 198 Å². The molecule has 10 nitrogen and oxygen atoms in total. The molecule has 0 aliphatic heterocycles. The first-order chi connectivity index (χ1) is 16.4. The molecule has 0 aliphatic rings. The van der Waals surface area contributed by atoms with Crippen molar-refractivity contribution in [1.82, 2.24) is 19.8 Å². The van der Waals surface area contributed by atoms with E-state index in [0.717, 1.165) is 17.3 Å². The number of rotatable bonds is 8.